The van der Waals surface area contributed by atoms with Crippen LogP contribution in [0, 0.1) is 12.8 Å². The topological polar surface area (TPSA) is 229 Å². The zero-order valence-corrected chi connectivity index (χ0v) is 35.9. The van der Waals surface area contributed by atoms with Gasteiger partial charge in [0.2, 0.25) is 33.6 Å². The highest BCUT2D eigenvalue weighted by Crippen LogP contribution is 2.46. The minimum atomic E-state index is -3.93. The van der Waals surface area contributed by atoms with E-state index in [9.17, 15) is 32.4 Å². The molecule has 7 rings (SSSR count). The number of fused-ring (bicyclic) bond motifs is 3. The highest BCUT2D eigenvalue weighted by atomic mass is 32.2. The van der Waals surface area contributed by atoms with E-state index in [2.05, 4.69) is 25.8 Å². The number of hydrogen-bond acceptors (Lipinski definition) is 12. The number of pyridine rings is 1. The number of allylic oxidation sites excluding steroid dienone is 1. The Morgan fingerprint density at radius 1 is 1.07 bits per heavy atom. The van der Waals surface area contributed by atoms with Gasteiger partial charge in [0.15, 0.2) is 0 Å². The van der Waals surface area contributed by atoms with Crippen molar-refractivity contribution in [2.75, 3.05) is 20.7 Å². The number of methoxy groups -OCH3 is 1. The monoisotopic (exact) mass is 862 g/mol. The number of carbonyl (C=O) groups excluding carboxylic acids is 5. The fourth-order valence-electron chi connectivity index (χ4n) is 8.03. The van der Waals surface area contributed by atoms with E-state index in [1.807, 2.05) is 39.0 Å². The average molecular weight is 863 g/mol. The van der Waals surface area contributed by atoms with E-state index in [4.69, 9.17) is 19.2 Å². The van der Waals surface area contributed by atoms with Gasteiger partial charge in [0.1, 0.15) is 47.5 Å². The summed E-state index contributed by atoms with van der Waals surface area (Å²) in [7, 11) is -0.876. The Hall–Kier alpha value is -5.72. The first-order valence-electron chi connectivity index (χ1n) is 20.8. The minimum Gasteiger partial charge on any atom is -0.496 e. The molecule has 2 aliphatic heterocycles. The second-order valence-electron chi connectivity index (χ2n) is 16.5. The molecule has 0 unspecified atom stereocenters. The molecule has 19 heteroatoms. The second kappa shape index (κ2) is 17.7. The molecule has 2 aromatic heterocycles. The summed E-state index contributed by atoms with van der Waals surface area (Å²) in [4.78, 5) is 75.0. The molecule has 5 amide bonds. The molecule has 4 N–H and O–H groups in total. The van der Waals surface area contributed by atoms with Crippen LogP contribution < -0.4 is 34.9 Å². The molecule has 3 aromatic rings. The minimum absolute atomic E-state index is 0.0000400. The van der Waals surface area contributed by atoms with Crippen LogP contribution in [0.1, 0.15) is 87.7 Å². The highest BCUT2D eigenvalue weighted by molar-refractivity contribution is 7.91. The Kier molecular flexibility index (Phi) is 12.6. The molecule has 4 heterocycles. The number of sulfonamides is 1. The lowest BCUT2D eigenvalue weighted by Crippen LogP contribution is -2.58. The maximum Gasteiger partial charge on any atom is 0.272 e. The van der Waals surface area contributed by atoms with Crippen LogP contribution in [-0.2, 0) is 35.7 Å². The molecule has 61 heavy (non-hydrogen) atoms. The number of hydrogen-bond donors (Lipinski definition) is 4. The number of amides is 5. The van der Waals surface area contributed by atoms with Gasteiger partial charge in [0.05, 0.1) is 30.5 Å². The van der Waals surface area contributed by atoms with E-state index in [1.165, 1.54) is 28.9 Å². The van der Waals surface area contributed by atoms with Crippen molar-refractivity contribution in [3.8, 4) is 17.4 Å². The molecule has 18 nitrogen and oxygen atoms in total. The Morgan fingerprint density at radius 3 is 2.57 bits per heavy atom. The zero-order chi connectivity index (χ0) is 43.6. The molecular formula is C42H54N8O10S. The SMILES string of the molecule is CNC(=O)Cn1ccc(C(=O)N[C@H]2CCCCCC=C[C@@H]3C[C@@]3(C(=O)NS(=O)(=O)C3CC3)NC(=O)[C@@H]3C[C@@H](Oc4cc(OC(C)C)nc5c(C)c(OC)ccc45)CN3C2=O)n1. The first kappa shape index (κ1) is 43.4. The first-order chi connectivity index (χ1) is 29.1. The fraction of sp³-hybridized carbons (Fsp3) is 0.548. The van der Waals surface area contributed by atoms with Gasteiger partial charge in [-0.05, 0) is 77.5 Å². The summed E-state index contributed by atoms with van der Waals surface area (Å²) in [6.45, 7) is 5.44. The summed E-state index contributed by atoms with van der Waals surface area (Å²) < 4.78 is 47.7. The maximum absolute atomic E-state index is 14.8. The number of benzene rings is 1. The van der Waals surface area contributed by atoms with Crippen molar-refractivity contribution in [2.45, 2.75) is 120 Å². The Balaban J connectivity index is 1.22. The predicted octanol–water partition coefficient (Wildman–Crippen LogP) is 2.43. The molecule has 2 aliphatic carbocycles. The molecule has 2 saturated carbocycles. The van der Waals surface area contributed by atoms with Crippen LogP contribution in [0.4, 0.5) is 0 Å². The van der Waals surface area contributed by atoms with Crippen molar-refractivity contribution in [3.63, 3.8) is 0 Å². The summed E-state index contributed by atoms with van der Waals surface area (Å²) >= 11 is 0. The maximum atomic E-state index is 14.8. The van der Waals surface area contributed by atoms with Crippen molar-refractivity contribution < 1.29 is 46.6 Å². The fourth-order valence-corrected chi connectivity index (χ4v) is 9.40. The molecular weight excluding hydrogens is 809 g/mol. The van der Waals surface area contributed by atoms with E-state index in [1.54, 1.807) is 19.2 Å². The van der Waals surface area contributed by atoms with Crippen LogP contribution in [0.15, 0.2) is 42.6 Å². The van der Waals surface area contributed by atoms with Crippen LogP contribution in [-0.4, -0.2) is 113 Å². The van der Waals surface area contributed by atoms with Crippen LogP contribution in [0.25, 0.3) is 10.9 Å². The number of ether oxygens (including phenoxy) is 3. The zero-order valence-electron chi connectivity index (χ0n) is 35.1. The van der Waals surface area contributed by atoms with Gasteiger partial charge in [0, 0.05) is 42.6 Å². The molecule has 328 valence electrons. The number of likely N-dealkylation sites (N-methyl/N-ethyl adjacent to an activating group) is 1. The standard InChI is InChI=1S/C42H54N8O10S/c1-24(2)59-36-20-34(29-15-16-33(58-5)25(3)37(29)45-36)60-27-19-32-39(53)46-42(41(55)48-61(56,57)28-13-14-28)21-26(42)11-9-7-6-8-10-12-31(40(54)50(32)22-27)44-38(52)30-17-18-49(47-30)23-35(51)43-4/h9,11,15-18,20,24,26-28,31-32H,6-8,10,12-14,19,21-23H2,1-5H3,(H,43,51)(H,44,52)(H,46,53)(H,48,55)/t26-,27-,31+,32+,42-/m1/s1. The van der Waals surface area contributed by atoms with E-state index in [-0.39, 0.29) is 50.1 Å². The third-order valence-corrected chi connectivity index (χ3v) is 13.4. The molecule has 5 atom stereocenters. The van der Waals surface area contributed by atoms with Crippen LogP contribution in [0.5, 0.6) is 17.4 Å². The normalized spacial score (nSPS) is 24.5. The third kappa shape index (κ3) is 9.61. The Bertz CT molecular complexity index is 2340. The number of nitrogens with one attached hydrogen (secondary N) is 4. The Morgan fingerprint density at radius 2 is 1.85 bits per heavy atom. The molecule has 3 fully saturated rings. The summed E-state index contributed by atoms with van der Waals surface area (Å²) in [6.07, 6.45) is 8.32. The lowest BCUT2D eigenvalue weighted by Gasteiger charge is -2.29. The van der Waals surface area contributed by atoms with Crippen molar-refractivity contribution in [3.05, 3.63) is 53.9 Å². The summed E-state index contributed by atoms with van der Waals surface area (Å²) in [5.74, 6) is -2.11. The average Bonchev–Trinajstić information content (AvgIpc) is 4.10. The van der Waals surface area contributed by atoms with Crippen molar-refractivity contribution in [1.29, 1.82) is 0 Å². The Labute approximate surface area is 354 Å². The highest BCUT2D eigenvalue weighted by Gasteiger charge is 2.62. The van der Waals surface area contributed by atoms with Crippen molar-refractivity contribution in [2.24, 2.45) is 5.92 Å². The number of rotatable bonds is 12. The lowest BCUT2D eigenvalue weighted by molar-refractivity contribution is -0.141. The molecule has 1 aromatic carbocycles. The van der Waals surface area contributed by atoms with Crippen molar-refractivity contribution in [1.82, 2.24) is 40.3 Å². The largest absolute Gasteiger partial charge is 0.496 e. The number of aromatic nitrogens is 3. The van der Waals surface area contributed by atoms with Gasteiger partial charge in [-0.2, -0.15) is 5.10 Å². The van der Waals surface area contributed by atoms with Gasteiger partial charge in [-0.15, -0.1) is 0 Å². The second-order valence-corrected chi connectivity index (χ2v) is 18.5. The van der Waals surface area contributed by atoms with E-state index in [0.717, 1.165) is 12.0 Å². The van der Waals surface area contributed by atoms with E-state index in [0.29, 0.717) is 60.4 Å². The molecule has 0 bridgehead atoms. The van der Waals surface area contributed by atoms with Gasteiger partial charge < -0.3 is 35.1 Å². The van der Waals surface area contributed by atoms with Crippen LogP contribution in [0.2, 0.25) is 0 Å². The summed E-state index contributed by atoms with van der Waals surface area (Å²) in [5.41, 5.74) is -0.216. The first-order valence-corrected chi connectivity index (χ1v) is 22.4. The summed E-state index contributed by atoms with van der Waals surface area (Å²) in [6, 6.07) is 4.47. The smallest absolute Gasteiger partial charge is 0.272 e. The van der Waals surface area contributed by atoms with Crippen molar-refractivity contribution >= 4 is 50.5 Å². The van der Waals surface area contributed by atoms with Gasteiger partial charge in [-0.3, -0.25) is 33.4 Å². The molecule has 1 saturated heterocycles. The molecule has 4 aliphatic rings. The van der Waals surface area contributed by atoms with Gasteiger partial charge >= 0.3 is 0 Å². The van der Waals surface area contributed by atoms with Gasteiger partial charge in [-0.1, -0.05) is 25.0 Å². The summed E-state index contributed by atoms with van der Waals surface area (Å²) in [5, 5.41) is 12.5. The lowest BCUT2D eigenvalue weighted by atomic mass is 10.0. The van der Waals surface area contributed by atoms with Crippen LogP contribution >= 0.6 is 0 Å². The van der Waals surface area contributed by atoms with E-state index < -0.39 is 68.5 Å². The third-order valence-electron chi connectivity index (χ3n) is 11.6. The number of aryl methyl sites for hydroxylation is 1. The van der Waals surface area contributed by atoms with Gasteiger partial charge in [0.25, 0.3) is 11.8 Å². The quantitative estimate of drug-likeness (QED) is 0.193. The van der Waals surface area contributed by atoms with Crippen LogP contribution in [0.3, 0.4) is 0 Å². The predicted molar refractivity (Wildman–Crippen MR) is 222 cm³/mol. The number of carbonyl (C=O) groups is 5. The van der Waals surface area contributed by atoms with Gasteiger partial charge in [-0.25, -0.2) is 13.4 Å². The molecule has 0 spiro atoms. The molecule has 0 radical (unpaired) electrons. The number of nitrogens with zero attached hydrogens (tertiary/aromatic N) is 4. The van der Waals surface area contributed by atoms with E-state index >= 15 is 0 Å².